The topological polar surface area (TPSA) is 21.3 Å². The van der Waals surface area contributed by atoms with Crippen LogP contribution in [0.25, 0.3) is 0 Å². The fourth-order valence-corrected chi connectivity index (χ4v) is 2.34. The maximum atomic E-state index is 5.93. The predicted molar refractivity (Wildman–Crippen MR) is 89.1 cm³/mol. The Labute approximate surface area is 128 Å². The molecule has 2 rings (SSSR count). The van der Waals surface area contributed by atoms with E-state index in [9.17, 15) is 0 Å². The fourth-order valence-electron chi connectivity index (χ4n) is 2.34. The lowest BCUT2D eigenvalue weighted by atomic mass is 10.1. The monoisotopic (exact) mass is 283 g/mol. The van der Waals surface area contributed by atoms with Crippen LogP contribution in [0.3, 0.4) is 0 Å². The average Bonchev–Trinajstić information content (AvgIpc) is 2.49. The number of aryl methyl sites for hydroxylation is 2. The van der Waals surface area contributed by atoms with Gasteiger partial charge in [0.1, 0.15) is 11.5 Å². The molecule has 21 heavy (non-hydrogen) atoms. The predicted octanol–water partition coefficient (Wildman–Crippen LogP) is 4.85. The number of hydrogen-bond acceptors (Lipinski definition) is 2. The lowest BCUT2D eigenvalue weighted by Gasteiger charge is -2.11. The Morgan fingerprint density at radius 1 is 0.952 bits per heavy atom. The molecule has 0 unspecified atom stereocenters. The quantitative estimate of drug-likeness (QED) is 0.784. The Balaban J connectivity index is 2.03. The van der Waals surface area contributed by atoms with Crippen LogP contribution in [0.2, 0.25) is 0 Å². The van der Waals surface area contributed by atoms with Crippen LogP contribution in [-0.4, -0.2) is 6.54 Å². The second-order valence-electron chi connectivity index (χ2n) is 5.36. The largest absolute Gasteiger partial charge is 0.457 e. The highest BCUT2D eigenvalue weighted by molar-refractivity contribution is 5.38. The van der Waals surface area contributed by atoms with Crippen molar-refractivity contribution in [1.82, 2.24) is 5.32 Å². The van der Waals surface area contributed by atoms with E-state index in [1.807, 2.05) is 18.2 Å². The van der Waals surface area contributed by atoms with Crippen LogP contribution < -0.4 is 10.1 Å². The molecule has 1 N–H and O–H groups in total. The van der Waals surface area contributed by atoms with E-state index in [1.54, 1.807) is 0 Å². The molecule has 0 bridgehead atoms. The van der Waals surface area contributed by atoms with Crippen molar-refractivity contribution in [3.05, 3.63) is 59.2 Å². The normalized spacial score (nSPS) is 10.6. The van der Waals surface area contributed by atoms with E-state index in [0.717, 1.165) is 31.0 Å². The van der Waals surface area contributed by atoms with Gasteiger partial charge in [-0.15, -0.1) is 0 Å². The Morgan fingerprint density at radius 3 is 2.29 bits per heavy atom. The molecule has 2 aromatic rings. The van der Waals surface area contributed by atoms with Gasteiger partial charge in [0.15, 0.2) is 0 Å². The van der Waals surface area contributed by atoms with Crippen molar-refractivity contribution in [3.8, 4) is 11.5 Å². The lowest BCUT2D eigenvalue weighted by molar-refractivity contribution is 0.481. The second kappa shape index (κ2) is 7.84. The van der Waals surface area contributed by atoms with E-state index in [4.69, 9.17) is 4.74 Å². The van der Waals surface area contributed by atoms with Gasteiger partial charge in [0.25, 0.3) is 0 Å². The Morgan fingerprint density at radius 2 is 1.67 bits per heavy atom. The summed E-state index contributed by atoms with van der Waals surface area (Å²) in [7, 11) is 0. The van der Waals surface area contributed by atoms with Crippen molar-refractivity contribution in [1.29, 1.82) is 0 Å². The van der Waals surface area contributed by atoms with Crippen LogP contribution >= 0.6 is 0 Å². The summed E-state index contributed by atoms with van der Waals surface area (Å²) in [6.07, 6.45) is 2.30. The smallest absolute Gasteiger partial charge is 0.127 e. The minimum Gasteiger partial charge on any atom is -0.457 e. The maximum absolute atomic E-state index is 5.93. The maximum Gasteiger partial charge on any atom is 0.127 e. The molecule has 0 atom stereocenters. The third kappa shape index (κ3) is 4.61. The zero-order valence-corrected chi connectivity index (χ0v) is 13.3. The van der Waals surface area contributed by atoms with Crippen LogP contribution in [0.5, 0.6) is 11.5 Å². The summed E-state index contributed by atoms with van der Waals surface area (Å²) in [6, 6.07) is 14.7. The number of hydrogen-bond donors (Lipinski definition) is 1. The van der Waals surface area contributed by atoms with Gasteiger partial charge in [-0.2, -0.15) is 0 Å². The van der Waals surface area contributed by atoms with E-state index in [2.05, 4.69) is 50.4 Å². The van der Waals surface area contributed by atoms with Crippen molar-refractivity contribution in [3.63, 3.8) is 0 Å². The van der Waals surface area contributed by atoms with Gasteiger partial charge in [-0.3, -0.25) is 0 Å². The standard InChI is InChI=1S/C19H25NO/c1-4-6-16-7-10-18(11-8-16)21-19-12-9-17(14-20-5-2)15(3)13-19/h7-13,20H,4-6,14H2,1-3H3. The van der Waals surface area contributed by atoms with Crippen LogP contribution in [-0.2, 0) is 13.0 Å². The first-order chi connectivity index (χ1) is 10.2. The second-order valence-corrected chi connectivity index (χ2v) is 5.36. The molecule has 0 radical (unpaired) electrons. The fraction of sp³-hybridized carbons (Fsp3) is 0.368. The molecule has 0 heterocycles. The van der Waals surface area contributed by atoms with Crippen LogP contribution in [0.4, 0.5) is 0 Å². The van der Waals surface area contributed by atoms with E-state index in [0.29, 0.717) is 0 Å². The third-order valence-corrected chi connectivity index (χ3v) is 3.58. The molecule has 2 aromatic carbocycles. The zero-order chi connectivity index (χ0) is 15.1. The van der Waals surface area contributed by atoms with Gasteiger partial charge >= 0.3 is 0 Å². The van der Waals surface area contributed by atoms with E-state index in [-0.39, 0.29) is 0 Å². The summed E-state index contributed by atoms with van der Waals surface area (Å²) in [5.41, 5.74) is 3.94. The van der Waals surface area contributed by atoms with Gasteiger partial charge < -0.3 is 10.1 Å². The van der Waals surface area contributed by atoms with Crippen LogP contribution in [0.1, 0.15) is 37.0 Å². The van der Waals surface area contributed by atoms with Gasteiger partial charge in [0, 0.05) is 6.54 Å². The van der Waals surface area contributed by atoms with Crippen LogP contribution in [0.15, 0.2) is 42.5 Å². The molecule has 0 spiro atoms. The molecule has 2 nitrogen and oxygen atoms in total. The first-order valence-corrected chi connectivity index (χ1v) is 7.80. The number of benzene rings is 2. The minimum atomic E-state index is 0.897. The molecule has 2 heteroatoms. The zero-order valence-electron chi connectivity index (χ0n) is 13.3. The highest BCUT2D eigenvalue weighted by atomic mass is 16.5. The third-order valence-electron chi connectivity index (χ3n) is 3.58. The van der Waals surface area contributed by atoms with E-state index < -0.39 is 0 Å². The molecule has 0 fully saturated rings. The highest BCUT2D eigenvalue weighted by Gasteiger charge is 2.02. The van der Waals surface area contributed by atoms with Gasteiger partial charge in [-0.1, -0.05) is 38.5 Å². The minimum absolute atomic E-state index is 0.897. The van der Waals surface area contributed by atoms with Crippen LogP contribution in [0, 0.1) is 6.92 Å². The van der Waals surface area contributed by atoms with Crippen molar-refractivity contribution >= 4 is 0 Å². The first-order valence-electron chi connectivity index (χ1n) is 7.80. The van der Waals surface area contributed by atoms with Crippen molar-refractivity contribution in [2.24, 2.45) is 0 Å². The van der Waals surface area contributed by atoms with Crippen molar-refractivity contribution in [2.75, 3.05) is 6.54 Å². The number of ether oxygens (including phenoxy) is 1. The molecular formula is C19H25NO. The summed E-state index contributed by atoms with van der Waals surface area (Å²) >= 11 is 0. The highest BCUT2D eigenvalue weighted by Crippen LogP contribution is 2.24. The number of rotatable bonds is 7. The summed E-state index contributed by atoms with van der Waals surface area (Å²) in [6.45, 7) is 8.34. The summed E-state index contributed by atoms with van der Waals surface area (Å²) < 4.78 is 5.93. The van der Waals surface area contributed by atoms with E-state index in [1.165, 1.54) is 23.1 Å². The molecule has 112 valence electrons. The van der Waals surface area contributed by atoms with Gasteiger partial charge in [0.2, 0.25) is 0 Å². The Kier molecular flexibility index (Phi) is 5.82. The average molecular weight is 283 g/mol. The summed E-state index contributed by atoms with van der Waals surface area (Å²) in [4.78, 5) is 0. The van der Waals surface area contributed by atoms with Crippen molar-refractivity contribution < 1.29 is 4.74 Å². The van der Waals surface area contributed by atoms with E-state index >= 15 is 0 Å². The molecule has 0 aliphatic rings. The molecule has 0 saturated carbocycles. The van der Waals surface area contributed by atoms with Crippen molar-refractivity contribution in [2.45, 2.75) is 40.2 Å². The van der Waals surface area contributed by atoms with Gasteiger partial charge in [-0.25, -0.2) is 0 Å². The molecule has 0 amide bonds. The van der Waals surface area contributed by atoms with Gasteiger partial charge in [-0.05, 0) is 60.8 Å². The summed E-state index contributed by atoms with van der Waals surface area (Å²) in [5, 5.41) is 3.35. The Hall–Kier alpha value is -1.80. The molecule has 0 aliphatic carbocycles. The van der Waals surface area contributed by atoms with Gasteiger partial charge in [0.05, 0.1) is 0 Å². The summed E-state index contributed by atoms with van der Waals surface area (Å²) in [5.74, 6) is 1.80. The molecule has 0 aromatic heterocycles. The SMILES string of the molecule is CCCc1ccc(Oc2ccc(CNCC)c(C)c2)cc1. The first kappa shape index (κ1) is 15.6. The lowest BCUT2D eigenvalue weighted by Crippen LogP contribution is -2.12. The number of nitrogens with one attached hydrogen (secondary N) is 1. The molecule has 0 saturated heterocycles. The Bertz CT molecular complexity index is 560. The molecule has 0 aliphatic heterocycles. The molecular weight excluding hydrogens is 258 g/mol.